The Morgan fingerprint density at radius 2 is 1.52 bits per heavy atom. The highest BCUT2D eigenvalue weighted by Crippen LogP contribution is 2.33. The van der Waals surface area contributed by atoms with E-state index in [1.807, 2.05) is 33.8 Å². The molecule has 3 aromatic carbocycles. The number of rotatable bonds is 17. The van der Waals surface area contributed by atoms with Crippen molar-refractivity contribution in [1.82, 2.24) is 10.2 Å². The smallest absolute Gasteiger partial charge is 0.264 e. The summed E-state index contributed by atoms with van der Waals surface area (Å²) in [5.41, 5.74) is 0.961. The molecule has 2 amide bonds. The Hall–Kier alpha value is -4.45. The van der Waals surface area contributed by atoms with Gasteiger partial charge in [0.25, 0.3) is 10.0 Å². The molecule has 0 spiro atoms. The van der Waals surface area contributed by atoms with E-state index in [9.17, 15) is 18.0 Å². The molecule has 3 aromatic rings. The largest absolute Gasteiger partial charge is 0.497 e. The van der Waals surface area contributed by atoms with E-state index in [1.54, 1.807) is 49.6 Å². The number of ether oxygens (including phenoxy) is 4. The summed E-state index contributed by atoms with van der Waals surface area (Å²) in [7, 11) is 0.0744. The topological polar surface area (TPSA) is 124 Å². The Balaban J connectivity index is 2.12. The highest BCUT2D eigenvalue weighted by Gasteiger charge is 2.34. The number of hydrogen-bond donors (Lipinski definition) is 1. The maximum Gasteiger partial charge on any atom is 0.264 e. The van der Waals surface area contributed by atoms with Crippen molar-refractivity contribution >= 4 is 27.5 Å². The number of benzene rings is 3. The van der Waals surface area contributed by atoms with Crippen molar-refractivity contribution in [2.45, 2.75) is 64.1 Å². The van der Waals surface area contributed by atoms with E-state index in [1.165, 1.54) is 37.3 Å². The summed E-state index contributed by atoms with van der Waals surface area (Å²) in [6.07, 6.45) is 1.02. The van der Waals surface area contributed by atoms with Crippen molar-refractivity contribution in [3.8, 4) is 23.0 Å². The Bertz CT molecular complexity index is 1560. The number of anilines is 1. The van der Waals surface area contributed by atoms with E-state index >= 15 is 0 Å². The van der Waals surface area contributed by atoms with Crippen molar-refractivity contribution < 1.29 is 37.0 Å². The molecule has 0 unspecified atom stereocenters. The molecule has 0 saturated carbocycles. The van der Waals surface area contributed by atoms with Gasteiger partial charge in [0.15, 0.2) is 11.5 Å². The van der Waals surface area contributed by atoms with E-state index in [4.69, 9.17) is 18.9 Å². The van der Waals surface area contributed by atoms with Crippen LogP contribution in [0.15, 0.2) is 71.6 Å². The third-order valence-corrected chi connectivity index (χ3v) is 9.30. The van der Waals surface area contributed by atoms with Gasteiger partial charge in [-0.1, -0.05) is 26.0 Å². The second-order valence-corrected chi connectivity index (χ2v) is 12.4. The molecule has 0 fully saturated rings. The second-order valence-electron chi connectivity index (χ2n) is 10.6. The molecule has 0 aliphatic carbocycles. The number of carbonyl (C=O) groups is 2. The fourth-order valence-electron chi connectivity index (χ4n) is 4.84. The number of sulfonamides is 1. The third-order valence-electron chi connectivity index (χ3n) is 7.53. The zero-order valence-electron chi connectivity index (χ0n) is 27.6. The quantitative estimate of drug-likeness (QED) is 0.215. The van der Waals surface area contributed by atoms with Crippen LogP contribution in [0, 0.1) is 0 Å². The molecule has 11 nitrogen and oxygen atoms in total. The monoisotopic (exact) mass is 655 g/mol. The van der Waals surface area contributed by atoms with Gasteiger partial charge in [0.2, 0.25) is 11.8 Å². The van der Waals surface area contributed by atoms with Gasteiger partial charge in [-0.05, 0) is 80.8 Å². The lowest BCUT2D eigenvalue weighted by atomic mass is 10.1. The summed E-state index contributed by atoms with van der Waals surface area (Å²) in [6.45, 7) is 7.41. The van der Waals surface area contributed by atoms with E-state index < -0.39 is 28.5 Å². The number of amides is 2. The van der Waals surface area contributed by atoms with Crippen molar-refractivity contribution in [3.05, 3.63) is 72.3 Å². The highest BCUT2D eigenvalue weighted by molar-refractivity contribution is 7.92. The van der Waals surface area contributed by atoms with Crippen LogP contribution < -0.4 is 28.6 Å². The first-order chi connectivity index (χ1) is 22.0. The standard InChI is InChI=1S/C34H45N3O8S/c1-8-24(4)35-34(39)30(9-2)36(22-25-12-11-13-28(20-25)42-5)33(38)23-37(26-14-16-27(17-15-26)45-10-3)46(40,41)29-18-19-31(43-6)32(21-29)44-7/h11-21,24,30H,8-10,22-23H2,1-7H3,(H,35,39)/t24-,30+/m0/s1. The van der Waals surface area contributed by atoms with Crippen molar-refractivity contribution in [3.63, 3.8) is 0 Å². The fourth-order valence-corrected chi connectivity index (χ4v) is 6.27. The molecule has 0 bridgehead atoms. The number of hydrogen-bond acceptors (Lipinski definition) is 8. The minimum absolute atomic E-state index is 0.0516. The predicted octanol–water partition coefficient (Wildman–Crippen LogP) is 5.03. The summed E-state index contributed by atoms with van der Waals surface area (Å²) in [4.78, 5) is 29.2. The van der Waals surface area contributed by atoms with Crippen LogP contribution in [0.3, 0.4) is 0 Å². The summed E-state index contributed by atoms with van der Waals surface area (Å²) in [5.74, 6) is 0.833. The first-order valence-corrected chi connectivity index (χ1v) is 16.7. The number of nitrogens with one attached hydrogen (secondary N) is 1. The molecule has 12 heteroatoms. The summed E-state index contributed by atoms with van der Waals surface area (Å²) in [5, 5.41) is 2.98. The van der Waals surface area contributed by atoms with Crippen molar-refractivity contribution in [2.75, 3.05) is 38.8 Å². The van der Waals surface area contributed by atoms with Crippen molar-refractivity contribution in [1.29, 1.82) is 0 Å². The van der Waals surface area contributed by atoms with Crippen molar-refractivity contribution in [2.24, 2.45) is 0 Å². The molecule has 2 atom stereocenters. The van der Waals surface area contributed by atoms with Gasteiger partial charge in [-0.3, -0.25) is 13.9 Å². The van der Waals surface area contributed by atoms with Gasteiger partial charge in [-0.2, -0.15) is 0 Å². The van der Waals surface area contributed by atoms with Gasteiger partial charge in [0.05, 0.1) is 38.5 Å². The van der Waals surface area contributed by atoms with Crippen LogP contribution >= 0.6 is 0 Å². The Morgan fingerprint density at radius 3 is 2.11 bits per heavy atom. The molecule has 0 aliphatic rings. The Morgan fingerprint density at radius 1 is 0.826 bits per heavy atom. The molecular weight excluding hydrogens is 610 g/mol. The van der Waals surface area contributed by atoms with Gasteiger partial charge < -0.3 is 29.2 Å². The molecule has 3 rings (SSSR count). The average Bonchev–Trinajstić information content (AvgIpc) is 3.07. The van der Waals surface area contributed by atoms with Crippen LogP contribution in [0.2, 0.25) is 0 Å². The van der Waals surface area contributed by atoms with Gasteiger partial charge in [0, 0.05) is 18.7 Å². The molecular formula is C34H45N3O8S. The maximum atomic E-state index is 14.4. The first kappa shape index (κ1) is 36.0. The summed E-state index contributed by atoms with van der Waals surface area (Å²) >= 11 is 0. The minimum atomic E-state index is -4.34. The van der Waals surface area contributed by atoms with Crippen LogP contribution in [0.1, 0.15) is 46.1 Å². The molecule has 0 saturated heterocycles. The zero-order chi connectivity index (χ0) is 33.9. The maximum absolute atomic E-state index is 14.4. The average molecular weight is 656 g/mol. The van der Waals surface area contributed by atoms with E-state index in [0.717, 1.165) is 9.87 Å². The van der Waals surface area contributed by atoms with Crippen LogP contribution in [-0.2, 0) is 26.2 Å². The normalized spacial score (nSPS) is 12.4. The number of carbonyl (C=O) groups excluding carboxylic acids is 2. The van der Waals surface area contributed by atoms with Gasteiger partial charge in [-0.25, -0.2) is 8.42 Å². The SMILES string of the molecule is CCOc1ccc(N(CC(=O)N(Cc2cccc(OC)c2)[C@H](CC)C(=O)N[C@@H](C)CC)S(=O)(=O)c2ccc(OC)c(OC)c2)cc1. The van der Waals surface area contributed by atoms with Crippen LogP contribution in [-0.4, -0.2) is 71.7 Å². The summed E-state index contributed by atoms with van der Waals surface area (Å²) in [6, 6.07) is 16.9. The highest BCUT2D eigenvalue weighted by atomic mass is 32.2. The zero-order valence-corrected chi connectivity index (χ0v) is 28.4. The predicted molar refractivity (Wildman–Crippen MR) is 177 cm³/mol. The molecule has 46 heavy (non-hydrogen) atoms. The van der Waals surface area contributed by atoms with Crippen LogP contribution in [0.25, 0.3) is 0 Å². The van der Waals surface area contributed by atoms with Gasteiger partial charge in [0.1, 0.15) is 24.1 Å². The lowest BCUT2D eigenvalue weighted by molar-refractivity contribution is -0.140. The molecule has 0 aliphatic heterocycles. The lowest BCUT2D eigenvalue weighted by Gasteiger charge is -2.34. The van der Waals surface area contributed by atoms with E-state index in [0.29, 0.717) is 36.7 Å². The third kappa shape index (κ3) is 8.84. The summed E-state index contributed by atoms with van der Waals surface area (Å²) < 4.78 is 51.2. The fraction of sp³-hybridized carbons (Fsp3) is 0.412. The minimum Gasteiger partial charge on any atom is -0.497 e. The van der Waals surface area contributed by atoms with Gasteiger partial charge >= 0.3 is 0 Å². The first-order valence-electron chi connectivity index (χ1n) is 15.2. The number of methoxy groups -OCH3 is 3. The Kier molecular flexibility index (Phi) is 13.1. The molecule has 0 heterocycles. The second kappa shape index (κ2) is 16.7. The van der Waals surface area contributed by atoms with E-state index in [2.05, 4.69) is 5.32 Å². The number of nitrogens with zero attached hydrogens (tertiary/aromatic N) is 2. The molecule has 250 valence electrons. The molecule has 0 radical (unpaired) electrons. The van der Waals surface area contributed by atoms with Crippen LogP contribution in [0.5, 0.6) is 23.0 Å². The molecule has 0 aromatic heterocycles. The molecule has 1 N–H and O–H groups in total. The van der Waals surface area contributed by atoms with E-state index in [-0.39, 0.29) is 34.8 Å². The van der Waals surface area contributed by atoms with Gasteiger partial charge in [-0.15, -0.1) is 0 Å². The van der Waals surface area contributed by atoms with Crippen LogP contribution in [0.4, 0.5) is 5.69 Å². The Labute approximate surface area is 272 Å². The lowest BCUT2D eigenvalue weighted by Crippen LogP contribution is -2.53.